The number of nitrogens with zero attached hydrogens (tertiary/aromatic N) is 5. The van der Waals surface area contributed by atoms with Gasteiger partial charge in [-0.1, -0.05) is 60.7 Å². The monoisotopic (exact) mass is 509 g/mol. The fraction of sp³-hybridized carbons (Fsp3) is 0.121. The lowest BCUT2D eigenvalue weighted by atomic mass is 10.1. The Bertz CT molecular complexity index is 1870. The van der Waals surface area contributed by atoms with Gasteiger partial charge in [0.1, 0.15) is 5.75 Å². The summed E-state index contributed by atoms with van der Waals surface area (Å²) in [6.07, 6.45) is 2.60. The molecule has 0 saturated carbocycles. The Labute approximate surface area is 226 Å². The van der Waals surface area contributed by atoms with E-state index in [1.807, 2.05) is 48.7 Å². The Balaban J connectivity index is 1.48. The molecule has 0 bridgehead atoms. The molecule has 0 atom stereocenters. The third-order valence-electron chi connectivity index (χ3n) is 7.00. The van der Waals surface area contributed by atoms with Crippen molar-refractivity contribution in [3.05, 3.63) is 137 Å². The van der Waals surface area contributed by atoms with E-state index < -0.39 is 0 Å². The van der Waals surface area contributed by atoms with Crippen LogP contribution in [0, 0.1) is 11.3 Å². The van der Waals surface area contributed by atoms with Gasteiger partial charge in [-0.15, -0.1) is 0 Å². The van der Waals surface area contributed by atoms with E-state index in [0.717, 1.165) is 50.7 Å². The van der Waals surface area contributed by atoms with Gasteiger partial charge in [0.15, 0.2) is 0 Å². The molecule has 0 amide bonds. The topological polar surface area (TPSA) is 79.1 Å². The number of imidazole rings is 1. The van der Waals surface area contributed by atoms with Crippen molar-refractivity contribution >= 4 is 21.9 Å². The Morgan fingerprint density at radius 2 is 1.44 bits per heavy atom. The van der Waals surface area contributed by atoms with Crippen molar-refractivity contribution in [2.75, 3.05) is 6.54 Å². The van der Waals surface area contributed by atoms with Crippen LogP contribution in [0.3, 0.4) is 0 Å². The van der Waals surface area contributed by atoms with Crippen LogP contribution in [0.5, 0.6) is 5.75 Å². The largest absolute Gasteiger partial charge is 0.508 e. The van der Waals surface area contributed by atoms with Crippen LogP contribution in [-0.2, 0) is 19.5 Å². The molecule has 6 heteroatoms. The number of benzene rings is 4. The third kappa shape index (κ3) is 5.03. The van der Waals surface area contributed by atoms with Gasteiger partial charge in [-0.2, -0.15) is 5.26 Å². The SMILES string of the molecule is N#Cc1ccc(Cn2c(=NCCc3ccc(O)cc3)n(Cc3cccc4cccnc34)c3ccccc32)cc1. The van der Waals surface area contributed by atoms with E-state index in [0.29, 0.717) is 25.2 Å². The molecule has 190 valence electrons. The van der Waals surface area contributed by atoms with E-state index in [2.05, 4.69) is 68.7 Å². The van der Waals surface area contributed by atoms with Crippen LogP contribution in [0.15, 0.2) is 114 Å². The molecule has 0 aliphatic carbocycles. The molecule has 4 aromatic carbocycles. The zero-order valence-electron chi connectivity index (χ0n) is 21.4. The van der Waals surface area contributed by atoms with Crippen LogP contribution < -0.4 is 5.62 Å². The van der Waals surface area contributed by atoms with Crippen molar-refractivity contribution in [1.29, 1.82) is 5.26 Å². The van der Waals surface area contributed by atoms with Crippen molar-refractivity contribution in [2.45, 2.75) is 19.5 Å². The van der Waals surface area contributed by atoms with Crippen LogP contribution in [0.25, 0.3) is 21.9 Å². The number of hydrogen-bond donors (Lipinski definition) is 1. The van der Waals surface area contributed by atoms with Gasteiger partial charge in [0.05, 0.1) is 41.3 Å². The maximum atomic E-state index is 9.65. The first kappa shape index (κ1) is 24.2. The van der Waals surface area contributed by atoms with Crippen LogP contribution >= 0.6 is 0 Å². The number of phenols is 1. The van der Waals surface area contributed by atoms with E-state index in [4.69, 9.17) is 4.99 Å². The zero-order chi connectivity index (χ0) is 26.6. The first-order valence-electron chi connectivity index (χ1n) is 13.0. The van der Waals surface area contributed by atoms with Crippen molar-refractivity contribution in [3.8, 4) is 11.8 Å². The van der Waals surface area contributed by atoms with Gasteiger partial charge < -0.3 is 14.2 Å². The van der Waals surface area contributed by atoms with Crippen molar-refractivity contribution in [2.24, 2.45) is 4.99 Å². The standard InChI is InChI=1S/C33H27N5O/c34-21-25-10-12-26(13-11-25)22-37-30-8-1-2-9-31(30)38(23-28-6-3-5-27-7-4-19-35-32(27)28)33(37)36-20-18-24-14-16-29(39)17-15-24/h1-17,19,39H,18,20,22-23H2. The lowest BCUT2D eigenvalue weighted by Gasteiger charge is -2.10. The zero-order valence-corrected chi connectivity index (χ0v) is 21.4. The summed E-state index contributed by atoms with van der Waals surface area (Å²) in [6.45, 7) is 1.86. The highest BCUT2D eigenvalue weighted by molar-refractivity contribution is 5.82. The molecular weight excluding hydrogens is 482 g/mol. The maximum Gasteiger partial charge on any atom is 0.206 e. The summed E-state index contributed by atoms with van der Waals surface area (Å²) in [6, 6.07) is 36.0. The summed E-state index contributed by atoms with van der Waals surface area (Å²) in [5.41, 5.74) is 8.07. The minimum absolute atomic E-state index is 0.264. The second-order valence-corrected chi connectivity index (χ2v) is 9.56. The molecule has 0 aliphatic heterocycles. The smallest absolute Gasteiger partial charge is 0.206 e. The minimum Gasteiger partial charge on any atom is -0.508 e. The molecule has 0 radical (unpaired) electrons. The normalized spacial score (nSPS) is 11.7. The van der Waals surface area contributed by atoms with Gasteiger partial charge in [-0.05, 0) is 65.6 Å². The molecular formula is C33H27N5O. The van der Waals surface area contributed by atoms with Crippen LogP contribution in [0.4, 0.5) is 0 Å². The molecule has 0 spiro atoms. The Hall–Kier alpha value is -5.15. The number of para-hydroxylation sites is 3. The van der Waals surface area contributed by atoms with Gasteiger partial charge >= 0.3 is 0 Å². The maximum absolute atomic E-state index is 9.65. The molecule has 6 nitrogen and oxygen atoms in total. The summed E-state index contributed by atoms with van der Waals surface area (Å²) in [5, 5.41) is 20.0. The van der Waals surface area contributed by atoms with Gasteiger partial charge in [0.25, 0.3) is 0 Å². The molecule has 6 aromatic rings. The molecule has 39 heavy (non-hydrogen) atoms. The Morgan fingerprint density at radius 1 is 0.744 bits per heavy atom. The van der Waals surface area contributed by atoms with Gasteiger partial charge in [0, 0.05) is 18.1 Å². The lowest BCUT2D eigenvalue weighted by molar-refractivity contribution is 0.475. The number of hydrogen-bond acceptors (Lipinski definition) is 4. The summed E-state index contributed by atoms with van der Waals surface area (Å²) >= 11 is 0. The number of aromatic nitrogens is 3. The lowest BCUT2D eigenvalue weighted by Crippen LogP contribution is -2.28. The molecule has 6 rings (SSSR count). The predicted octanol–water partition coefficient (Wildman–Crippen LogP) is 5.81. The van der Waals surface area contributed by atoms with Crippen molar-refractivity contribution < 1.29 is 5.11 Å². The van der Waals surface area contributed by atoms with Gasteiger partial charge in [-0.25, -0.2) is 0 Å². The summed E-state index contributed by atoms with van der Waals surface area (Å²) < 4.78 is 4.53. The number of rotatable bonds is 7. The fourth-order valence-electron chi connectivity index (χ4n) is 5.04. The Morgan fingerprint density at radius 3 is 2.18 bits per heavy atom. The van der Waals surface area contributed by atoms with E-state index in [1.54, 1.807) is 12.1 Å². The average Bonchev–Trinajstić information content (AvgIpc) is 3.26. The summed E-state index contributed by atoms with van der Waals surface area (Å²) in [5.74, 6) is 0.264. The molecule has 0 fully saturated rings. The van der Waals surface area contributed by atoms with Crippen molar-refractivity contribution in [1.82, 2.24) is 14.1 Å². The second-order valence-electron chi connectivity index (χ2n) is 9.56. The van der Waals surface area contributed by atoms with Crippen LogP contribution in [0.1, 0.15) is 22.3 Å². The quantitative estimate of drug-likeness (QED) is 0.295. The fourth-order valence-corrected chi connectivity index (χ4v) is 5.04. The molecule has 0 saturated heterocycles. The molecule has 0 unspecified atom stereocenters. The molecule has 1 N–H and O–H groups in total. The first-order chi connectivity index (χ1) is 19.2. The number of nitriles is 1. The van der Waals surface area contributed by atoms with E-state index in [9.17, 15) is 10.4 Å². The van der Waals surface area contributed by atoms with Gasteiger partial charge in [-0.3, -0.25) is 9.98 Å². The van der Waals surface area contributed by atoms with E-state index >= 15 is 0 Å². The first-order valence-corrected chi connectivity index (χ1v) is 13.0. The average molecular weight is 510 g/mol. The van der Waals surface area contributed by atoms with Gasteiger partial charge in [0.2, 0.25) is 5.62 Å². The highest BCUT2D eigenvalue weighted by Crippen LogP contribution is 2.21. The molecule has 0 aliphatic rings. The number of aromatic hydroxyl groups is 1. The number of fused-ring (bicyclic) bond motifs is 2. The minimum atomic E-state index is 0.264. The number of phenolic OH excluding ortho intramolecular Hbond substituents is 1. The Kier molecular flexibility index (Phi) is 6.63. The van der Waals surface area contributed by atoms with Crippen LogP contribution in [0.2, 0.25) is 0 Å². The third-order valence-corrected chi connectivity index (χ3v) is 7.00. The number of pyridine rings is 1. The summed E-state index contributed by atoms with van der Waals surface area (Å²) in [4.78, 5) is 9.85. The second kappa shape index (κ2) is 10.7. The predicted molar refractivity (Wildman–Crippen MR) is 153 cm³/mol. The molecule has 2 aromatic heterocycles. The van der Waals surface area contributed by atoms with E-state index in [-0.39, 0.29) is 5.75 Å². The van der Waals surface area contributed by atoms with Crippen molar-refractivity contribution in [3.63, 3.8) is 0 Å². The highest BCUT2D eigenvalue weighted by atomic mass is 16.3. The van der Waals surface area contributed by atoms with E-state index in [1.165, 1.54) is 0 Å². The summed E-state index contributed by atoms with van der Waals surface area (Å²) in [7, 11) is 0. The molecule has 2 heterocycles. The highest BCUT2D eigenvalue weighted by Gasteiger charge is 2.14. The van der Waals surface area contributed by atoms with Crippen LogP contribution in [-0.4, -0.2) is 25.8 Å².